The van der Waals surface area contributed by atoms with Crippen molar-refractivity contribution in [2.75, 3.05) is 6.54 Å². The second kappa shape index (κ2) is 11.0. The summed E-state index contributed by atoms with van der Waals surface area (Å²) in [6.45, 7) is 0.00155. The second-order valence-electron chi connectivity index (χ2n) is 7.52. The van der Waals surface area contributed by atoms with Crippen molar-refractivity contribution in [3.05, 3.63) is 97.8 Å². The van der Waals surface area contributed by atoms with Crippen LogP contribution in [0.5, 0.6) is 0 Å². The SMILES string of the molecule is O=C(CNN1C(=O)/C(=C\c2cccc(Br)c2)SC1c1cccc(Br)c1)Sc1nc2ccccc2s1. The Hall–Kier alpha value is -1.95. The molecular weight excluding hydrogens is 630 g/mol. The monoisotopic (exact) mass is 645 g/mol. The molecule has 5 rings (SSSR count). The van der Waals surface area contributed by atoms with Gasteiger partial charge in [0.25, 0.3) is 5.91 Å². The summed E-state index contributed by atoms with van der Waals surface area (Å²) in [7, 11) is 0. The molecule has 5 nitrogen and oxygen atoms in total. The van der Waals surface area contributed by atoms with Crippen LogP contribution in [-0.4, -0.2) is 27.6 Å². The van der Waals surface area contributed by atoms with E-state index in [0.717, 1.165) is 42.1 Å². The molecule has 10 heteroatoms. The number of carbonyl (C=O) groups is 2. The first-order chi connectivity index (χ1) is 17.0. The van der Waals surface area contributed by atoms with Crippen LogP contribution in [0.2, 0.25) is 0 Å². The normalized spacial score (nSPS) is 17.0. The largest absolute Gasteiger partial charge is 0.285 e. The molecule has 0 saturated carbocycles. The fourth-order valence-corrected chi connectivity index (χ4v) is 7.43. The number of halogens is 2. The van der Waals surface area contributed by atoms with E-state index in [4.69, 9.17) is 0 Å². The molecule has 4 aromatic rings. The Balaban J connectivity index is 1.35. The van der Waals surface area contributed by atoms with Crippen molar-refractivity contribution in [2.45, 2.75) is 9.71 Å². The smallest absolute Gasteiger partial charge is 0.275 e. The summed E-state index contributed by atoms with van der Waals surface area (Å²) >= 11 is 11.0. The predicted octanol–water partition coefficient (Wildman–Crippen LogP) is 7.26. The number of benzene rings is 3. The van der Waals surface area contributed by atoms with Gasteiger partial charge in [0.2, 0.25) is 5.12 Å². The highest BCUT2D eigenvalue weighted by Gasteiger charge is 2.37. The van der Waals surface area contributed by atoms with E-state index in [0.29, 0.717) is 9.24 Å². The van der Waals surface area contributed by atoms with Crippen LogP contribution >= 0.6 is 66.7 Å². The Kier molecular flexibility index (Phi) is 7.76. The average molecular weight is 647 g/mol. The average Bonchev–Trinajstić information content (AvgIpc) is 3.38. The minimum absolute atomic E-state index is 0.00155. The summed E-state index contributed by atoms with van der Waals surface area (Å²) < 4.78 is 3.60. The zero-order chi connectivity index (χ0) is 24.4. The van der Waals surface area contributed by atoms with Crippen molar-refractivity contribution >= 4 is 94.0 Å². The Morgan fingerprint density at radius 3 is 2.60 bits per heavy atom. The molecule has 1 fully saturated rings. The maximum Gasteiger partial charge on any atom is 0.275 e. The second-order valence-corrected chi connectivity index (χ2v) is 12.8. The standard InChI is InChI=1S/C25H17Br2N3O2S3/c26-17-7-3-5-15(11-17)12-21-23(32)30(24(33-21)16-6-4-8-18(27)13-16)28-14-22(31)35-25-29-19-9-1-2-10-20(19)34-25/h1-13,24,28H,14H2/b21-12+. The van der Waals surface area contributed by atoms with Gasteiger partial charge < -0.3 is 0 Å². The molecule has 176 valence electrons. The molecule has 0 radical (unpaired) electrons. The first-order valence-electron chi connectivity index (χ1n) is 10.5. The minimum Gasteiger partial charge on any atom is -0.285 e. The molecule has 1 atom stereocenters. The van der Waals surface area contributed by atoms with E-state index >= 15 is 0 Å². The number of nitrogens with one attached hydrogen (secondary N) is 1. The first-order valence-corrected chi connectivity index (χ1v) is 14.6. The van der Waals surface area contributed by atoms with E-state index in [1.165, 1.54) is 23.1 Å². The van der Waals surface area contributed by atoms with E-state index in [1.807, 2.05) is 78.9 Å². The van der Waals surface area contributed by atoms with Crippen LogP contribution in [0.25, 0.3) is 16.3 Å². The highest BCUT2D eigenvalue weighted by molar-refractivity contribution is 9.10. The van der Waals surface area contributed by atoms with Gasteiger partial charge in [0, 0.05) is 8.95 Å². The molecule has 1 N–H and O–H groups in total. The number of thiazole rings is 1. The van der Waals surface area contributed by atoms with Crippen LogP contribution in [0.3, 0.4) is 0 Å². The van der Waals surface area contributed by atoms with Crippen molar-refractivity contribution in [3.63, 3.8) is 0 Å². The van der Waals surface area contributed by atoms with Gasteiger partial charge in [-0.2, -0.15) is 0 Å². The number of hydrogen-bond acceptors (Lipinski definition) is 7. The van der Waals surface area contributed by atoms with Gasteiger partial charge in [-0.15, -0.1) is 11.3 Å². The predicted molar refractivity (Wildman–Crippen MR) is 152 cm³/mol. The van der Waals surface area contributed by atoms with Gasteiger partial charge in [-0.3, -0.25) is 14.6 Å². The van der Waals surface area contributed by atoms with Crippen LogP contribution in [0.15, 0.2) is 91.0 Å². The highest BCUT2D eigenvalue weighted by Crippen LogP contribution is 2.45. The molecule has 1 saturated heterocycles. The lowest BCUT2D eigenvalue weighted by molar-refractivity contribution is -0.129. The third-order valence-electron chi connectivity index (χ3n) is 5.05. The molecule has 1 amide bonds. The molecule has 35 heavy (non-hydrogen) atoms. The van der Waals surface area contributed by atoms with E-state index in [1.54, 1.807) is 5.01 Å². The zero-order valence-corrected chi connectivity index (χ0v) is 23.6. The van der Waals surface area contributed by atoms with E-state index in [9.17, 15) is 9.59 Å². The van der Waals surface area contributed by atoms with Crippen LogP contribution < -0.4 is 5.43 Å². The number of hydrogen-bond donors (Lipinski definition) is 1. The summed E-state index contributed by atoms with van der Waals surface area (Å²) in [5.41, 5.74) is 5.84. The molecule has 2 heterocycles. The number of nitrogens with zero attached hydrogens (tertiary/aromatic N) is 2. The number of thioether (sulfide) groups is 2. The van der Waals surface area contributed by atoms with E-state index in [2.05, 4.69) is 42.3 Å². The number of para-hydroxylation sites is 1. The number of amides is 1. The van der Waals surface area contributed by atoms with E-state index in [-0.39, 0.29) is 22.9 Å². The third-order valence-corrected chi connectivity index (χ3v) is 9.26. The van der Waals surface area contributed by atoms with Gasteiger partial charge in [-0.1, -0.05) is 80.0 Å². The van der Waals surface area contributed by atoms with Gasteiger partial charge in [0.05, 0.1) is 21.7 Å². The number of aromatic nitrogens is 1. The minimum atomic E-state index is -0.307. The molecule has 3 aromatic carbocycles. The summed E-state index contributed by atoms with van der Waals surface area (Å²) in [5, 5.41) is 1.13. The van der Waals surface area contributed by atoms with Crippen LogP contribution in [0, 0.1) is 0 Å². The van der Waals surface area contributed by atoms with Crippen molar-refractivity contribution in [3.8, 4) is 0 Å². The summed E-state index contributed by atoms with van der Waals surface area (Å²) in [6, 6.07) is 23.4. The molecule has 1 unspecified atom stereocenters. The molecule has 1 aromatic heterocycles. The Morgan fingerprint density at radius 1 is 1.06 bits per heavy atom. The van der Waals surface area contributed by atoms with Gasteiger partial charge in [0.15, 0.2) is 4.34 Å². The molecule has 1 aliphatic rings. The fraction of sp³-hybridized carbons (Fsp3) is 0.0800. The van der Waals surface area contributed by atoms with Gasteiger partial charge >= 0.3 is 0 Å². The molecule has 1 aliphatic heterocycles. The highest BCUT2D eigenvalue weighted by atomic mass is 79.9. The molecule has 0 bridgehead atoms. The van der Waals surface area contributed by atoms with Gasteiger partial charge in [-0.25, -0.2) is 10.4 Å². The number of fused-ring (bicyclic) bond motifs is 1. The van der Waals surface area contributed by atoms with Crippen LogP contribution in [0.1, 0.15) is 16.5 Å². The van der Waals surface area contributed by atoms with Crippen LogP contribution in [-0.2, 0) is 9.59 Å². The van der Waals surface area contributed by atoms with E-state index < -0.39 is 0 Å². The van der Waals surface area contributed by atoms with Gasteiger partial charge in [-0.05, 0) is 65.4 Å². The lowest BCUT2D eigenvalue weighted by Gasteiger charge is -2.24. The zero-order valence-electron chi connectivity index (χ0n) is 18.0. The van der Waals surface area contributed by atoms with Crippen molar-refractivity contribution in [2.24, 2.45) is 0 Å². The lowest BCUT2D eigenvalue weighted by atomic mass is 10.2. The Bertz CT molecular complexity index is 1420. The topological polar surface area (TPSA) is 62.3 Å². The number of hydrazine groups is 1. The Labute approximate surface area is 231 Å². The molecular formula is C25H17Br2N3O2S3. The van der Waals surface area contributed by atoms with Crippen molar-refractivity contribution in [1.82, 2.24) is 15.4 Å². The Morgan fingerprint density at radius 2 is 1.83 bits per heavy atom. The fourth-order valence-electron chi connectivity index (χ4n) is 3.50. The number of rotatable bonds is 6. The first kappa shape index (κ1) is 24.7. The summed E-state index contributed by atoms with van der Waals surface area (Å²) in [4.78, 5) is 31.2. The summed E-state index contributed by atoms with van der Waals surface area (Å²) in [5.74, 6) is -0.169. The number of carbonyl (C=O) groups excluding carboxylic acids is 2. The third kappa shape index (κ3) is 5.90. The quantitative estimate of drug-likeness (QED) is 0.176. The van der Waals surface area contributed by atoms with Crippen molar-refractivity contribution in [1.29, 1.82) is 0 Å². The molecule has 0 aliphatic carbocycles. The lowest BCUT2D eigenvalue weighted by Crippen LogP contribution is -2.42. The maximum atomic E-state index is 13.4. The maximum absolute atomic E-state index is 13.4. The van der Waals surface area contributed by atoms with Crippen molar-refractivity contribution < 1.29 is 9.59 Å². The van der Waals surface area contributed by atoms with Crippen LogP contribution in [0.4, 0.5) is 0 Å². The molecule has 0 spiro atoms. The summed E-state index contributed by atoms with van der Waals surface area (Å²) in [6.07, 6.45) is 1.88. The van der Waals surface area contributed by atoms with Gasteiger partial charge in [0.1, 0.15) is 5.37 Å².